The second-order valence-corrected chi connectivity index (χ2v) is 6.18. The molecule has 5 N–H and O–H groups in total. The van der Waals surface area contributed by atoms with Crippen LogP contribution in [0.3, 0.4) is 0 Å². The molecule has 0 saturated carbocycles. The first-order valence-corrected chi connectivity index (χ1v) is 8.48. The Morgan fingerprint density at radius 2 is 2.04 bits per heavy atom. The van der Waals surface area contributed by atoms with E-state index in [2.05, 4.69) is 10.6 Å². The molecule has 0 aromatic heterocycles. The highest BCUT2D eigenvalue weighted by Gasteiger charge is 2.36. The Balaban J connectivity index is 2.83. The average molecular weight is 355 g/mol. The van der Waals surface area contributed by atoms with Crippen LogP contribution in [0.4, 0.5) is 0 Å². The van der Waals surface area contributed by atoms with Crippen LogP contribution in [0.1, 0.15) is 33.1 Å². The predicted molar refractivity (Wildman–Crippen MR) is 89.9 cm³/mol. The van der Waals surface area contributed by atoms with Crippen molar-refractivity contribution >= 4 is 24.0 Å². The van der Waals surface area contributed by atoms with Gasteiger partial charge in [0.25, 0.3) is 0 Å². The zero-order valence-electron chi connectivity index (χ0n) is 14.7. The van der Waals surface area contributed by atoms with Gasteiger partial charge in [0.2, 0.25) is 24.0 Å². The zero-order valence-corrected chi connectivity index (χ0v) is 14.7. The van der Waals surface area contributed by atoms with Crippen molar-refractivity contribution < 1.29 is 24.3 Å². The maximum Gasteiger partial charge on any atom is 0.243 e. The standard InChI is InChI=1S/C16H27N4O5/c1-3-10(2)14(16(25)18-11(8-21)9-22)19-15(24)12-5-4-6-20(12)13(23)7-17/h10-12,14,21H,3-8,17H2,1-2H3,(H,18,25)(H,19,24)/t10-,11-,12-,14-/m0/s1. The minimum Gasteiger partial charge on any atom is -0.394 e. The first-order valence-electron chi connectivity index (χ1n) is 8.48. The summed E-state index contributed by atoms with van der Waals surface area (Å²) in [5.41, 5.74) is 5.37. The number of carbonyl (C=O) groups is 3. The van der Waals surface area contributed by atoms with Gasteiger partial charge in [0.15, 0.2) is 0 Å². The third-order valence-electron chi connectivity index (χ3n) is 4.48. The SMILES string of the molecule is CC[C@H](C)[C@H](NC(=O)[C@@H]1CCCN1C(=O)CN)C(=O)N[C@H]([C]=O)CO. The van der Waals surface area contributed by atoms with E-state index < -0.39 is 36.5 Å². The number of hydrogen-bond acceptors (Lipinski definition) is 6. The number of amides is 3. The molecule has 0 aliphatic carbocycles. The largest absolute Gasteiger partial charge is 0.394 e. The highest BCUT2D eigenvalue weighted by Crippen LogP contribution is 2.18. The third kappa shape index (κ3) is 5.50. The Hall–Kier alpha value is -2.00. The van der Waals surface area contributed by atoms with Gasteiger partial charge in [0.05, 0.1) is 13.2 Å². The van der Waals surface area contributed by atoms with E-state index >= 15 is 0 Å². The molecule has 0 aromatic carbocycles. The highest BCUT2D eigenvalue weighted by molar-refractivity contribution is 5.93. The molecule has 9 nitrogen and oxygen atoms in total. The fourth-order valence-electron chi connectivity index (χ4n) is 2.78. The van der Waals surface area contributed by atoms with Gasteiger partial charge in [0, 0.05) is 6.54 Å². The molecule has 25 heavy (non-hydrogen) atoms. The van der Waals surface area contributed by atoms with E-state index in [1.807, 2.05) is 6.92 Å². The maximum atomic E-state index is 12.6. The number of likely N-dealkylation sites (tertiary alicyclic amines) is 1. The molecule has 1 heterocycles. The van der Waals surface area contributed by atoms with Crippen LogP contribution < -0.4 is 16.4 Å². The van der Waals surface area contributed by atoms with Gasteiger partial charge < -0.3 is 26.4 Å². The number of nitrogens with two attached hydrogens (primary N) is 1. The molecule has 3 amide bonds. The predicted octanol–water partition coefficient (Wildman–Crippen LogP) is -1.95. The van der Waals surface area contributed by atoms with Gasteiger partial charge in [-0.3, -0.25) is 19.2 Å². The van der Waals surface area contributed by atoms with E-state index in [1.165, 1.54) is 11.2 Å². The molecule has 9 heteroatoms. The van der Waals surface area contributed by atoms with E-state index in [0.717, 1.165) is 0 Å². The monoisotopic (exact) mass is 355 g/mol. The lowest BCUT2D eigenvalue weighted by Gasteiger charge is -2.28. The van der Waals surface area contributed by atoms with Crippen molar-refractivity contribution in [1.29, 1.82) is 0 Å². The van der Waals surface area contributed by atoms with Crippen LogP contribution in [0.2, 0.25) is 0 Å². The zero-order chi connectivity index (χ0) is 19.0. The fourth-order valence-corrected chi connectivity index (χ4v) is 2.78. The smallest absolute Gasteiger partial charge is 0.243 e. The molecule has 1 aliphatic heterocycles. The van der Waals surface area contributed by atoms with Crippen molar-refractivity contribution in [2.24, 2.45) is 11.7 Å². The quantitative estimate of drug-likeness (QED) is 0.379. The van der Waals surface area contributed by atoms with Crippen LogP contribution in [0.25, 0.3) is 0 Å². The second-order valence-electron chi connectivity index (χ2n) is 6.18. The van der Waals surface area contributed by atoms with Crippen LogP contribution in [-0.2, 0) is 19.2 Å². The Morgan fingerprint density at radius 1 is 1.36 bits per heavy atom. The summed E-state index contributed by atoms with van der Waals surface area (Å²) in [6, 6.07) is -2.67. The number of aliphatic hydroxyl groups is 1. The molecule has 1 fully saturated rings. The van der Waals surface area contributed by atoms with E-state index in [1.54, 1.807) is 6.92 Å². The summed E-state index contributed by atoms with van der Waals surface area (Å²) in [6.07, 6.45) is 3.33. The van der Waals surface area contributed by atoms with Gasteiger partial charge in [-0.05, 0) is 18.8 Å². The fraction of sp³-hybridized carbons (Fsp3) is 0.750. The molecule has 0 unspecified atom stereocenters. The molecular weight excluding hydrogens is 328 g/mol. The van der Waals surface area contributed by atoms with Crippen LogP contribution in [0, 0.1) is 5.92 Å². The lowest BCUT2D eigenvalue weighted by atomic mass is 9.97. The first-order chi connectivity index (χ1) is 11.9. The van der Waals surface area contributed by atoms with E-state index in [4.69, 9.17) is 10.8 Å². The van der Waals surface area contributed by atoms with Crippen molar-refractivity contribution in [1.82, 2.24) is 15.5 Å². The van der Waals surface area contributed by atoms with Gasteiger partial charge in [0.1, 0.15) is 18.1 Å². The van der Waals surface area contributed by atoms with Crippen molar-refractivity contribution in [3.8, 4) is 0 Å². The normalized spacial score (nSPS) is 20.5. The van der Waals surface area contributed by atoms with Gasteiger partial charge in [-0.2, -0.15) is 0 Å². The molecule has 1 aliphatic rings. The number of carbonyl (C=O) groups excluding carboxylic acids is 4. The lowest BCUT2D eigenvalue weighted by Crippen LogP contribution is -2.57. The number of aliphatic hydroxyl groups excluding tert-OH is 1. The highest BCUT2D eigenvalue weighted by atomic mass is 16.3. The molecular formula is C16H27N4O5. The first kappa shape index (κ1) is 21.0. The Labute approximate surface area is 147 Å². The minimum atomic E-state index is -1.14. The third-order valence-corrected chi connectivity index (χ3v) is 4.48. The minimum absolute atomic E-state index is 0.174. The summed E-state index contributed by atoms with van der Waals surface area (Å²) in [7, 11) is 0. The second kappa shape index (κ2) is 10.1. The Bertz CT molecular complexity index is 499. The molecule has 141 valence electrons. The molecule has 1 rings (SSSR count). The van der Waals surface area contributed by atoms with Crippen LogP contribution in [0.15, 0.2) is 0 Å². The Morgan fingerprint density at radius 3 is 2.56 bits per heavy atom. The summed E-state index contributed by atoms with van der Waals surface area (Å²) < 4.78 is 0. The van der Waals surface area contributed by atoms with Crippen molar-refractivity contribution in [3.63, 3.8) is 0 Å². The van der Waals surface area contributed by atoms with Crippen LogP contribution in [0.5, 0.6) is 0 Å². The van der Waals surface area contributed by atoms with Crippen molar-refractivity contribution in [2.45, 2.75) is 51.2 Å². The summed E-state index contributed by atoms with van der Waals surface area (Å²) in [5.74, 6) is -1.50. The van der Waals surface area contributed by atoms with E-state index in [-0.39, 0.29) is 18.4 Å². The summed E-state index contributed by atoms with van der Waals surface area (Å²) >= 11 is 0. The maximum absolute atomic E-state index is 12.6. The Kier molecular flexibility index (Phi) is 8.50. The van der Waals surface area contributed by atoms with Crippen molar-refractivity contribution in [3.05, 3.63) is 0 Å². The van der Waals surface area contributed by atoms with E-state index in [0.29, 0.717) is 25.8 Å². The van der Waals surface area contributed by atoms with Gasteiger partial charge in [-0.1, -0.05) is 20.3 Å². The molecule has 4 atom stereocenters. The lowest BCUT2D eigenvalue weighted by molar-refractivity contribution is -0.139. The van der Waals surface area contributed by atoms with Crippen molar-refractivity contribution in [2.75, 3.05) is 19.7 Å². The van der Waals surface area contributed by atoms with Gasteiger partial charge in [-0.25, -0.2) is 0 Å². The van der Waals surface area contributed by atoms with E-state index in [9.17, 15) is 19.2 Å². The number of nitrogens with zero attached hydrogens (tertiary/aromatic N) is 1. The summed E-state index contributed by atoms with van der Waals surface area (Å²) in [6.45, 7) is 3.37. The number of nitrogens with one attached hydrogen (secondary N) is 2. The average Bonchev–Trinajstić information content (AvgIpc) is 3.12. The van der Waals surface area contributed by atoms with Crippen LogP contribution in [-0.4, -0.2) is 71.8 Å². The molecule has 0 bridgehead atoms. The topological polar surface area (TPSA) is 142 Å². The number of hydrogen-bond donors (Lipinski definition) is 4. The summed E-state index contributed by atoms with van der Waals surface area (Å²) in [4.78, 5) is 48.9. The summed E-state index contributed by atoms with van der Waals surface area (Å²) in [5, 5.41) is 14.0. The molecule has 1 radical (unpaired) electrons. The molecule has 0 aromatic rings. The van der Waals surface area contributed by atoms with Gasteiger partial charge >= 0.3 is 0 Å². The molecule has 0 spiro atoms. The number of rotatable bonds is 9. The van der Waals surface area contributed by atoms with Gasteiger partial charge in [-0.15, -0.1) is 0 Å². The van der Waals surface area contributed by atoms with Crippen LogP contribution >= 0.6 is 0 Å². The molecule has 1 saturated heterocycles.